The van der Waals surface area contributed by atoms with Crippen LogP contribution in [0.5, 0.6) is 0 Å². The number of rotatable bonds is 1. The van der Waals surface area contributed by atoms with E-state index in [1.165, 1.54) is 11.1 Å². The van der Waals surface area contributed by atoms with Crippen LogP contribution in [0.2, 0.25) is 0 Å². The SMILES string of the molecule is Cc1ccc(-c2cnc3ccccc3n2)cc1C. The Morgan fingerprint density at radius 1 is 0.833 bits per heavy atom. The van der Waals surface area contributed by atoms with Gasteiger partial charge in [0, 0.05) is 5.56 Å². The Kier molecular flexibility index (Phi) is 2.56. The molecule has 88 valence electrons. The highest BCUT2D eigenvalue weighted by Gasteiger charge is 2.03. The van der Waals surface area contributed by atoms with E-state index in [2.05, 4.69) is 42.0 Å². The van der Waals surface area contributed by atoms with Crippen LogP contribution in [-0.2, 0) is 0 Å². The number of aromatic nitrogens is 2. The summed E-state index contributed by atoms with van der Waals surface area (Å²) in [6.45, 7) is 4.23. The first-order valence-electron chi connectivity index (χ1n) is 6.03. The highest BCUT2D eigenvalue weighted by atomic mass is 14.8. The van der Waals surface area contributed by atoms with E-state index in [1.807, 2.05) is 30.5 Å². The fraction of sp³-hybridized carbons (Fsp3) is 0.125. The molecule has 3 aromatic rings. The van der Waals surface area contributed by atoms with Gasteiger partial charge in [-0.25, -0.2) is 4.98 Å². The molecule has 0 aliphatic rings. The van der Waals surface area contributed by atoms with Crippen molar-refractivity contribution in [2.24, 2.45) is 0 Å². The zero-order valence-electron chi connectivity index (χ0n) is 10.5. The molecular weight excluding hydrogens is 220 g/mol. The zero-order valence-corrected chi connectivity index (χ0v) is 10.5. The Morgan fingerprint density at radius 2 is 1.61 bits per heavy atom. The summed E-state index contributed by atoms with van der Waals surface area (Å²) in [5, 5.41) is 0. The van der Waals surface area contributed by atoms with Crippen LogP contribution < -0.4 is 0 Å². The summed E-state index contributed by atoms with van der Waals surface area (Å²) >= 11 is 0. The van der Waals surface area contributed by atoms with E-state index in [-0.39, 0.29) is 0 Å². The summed E-state index contributed by atoms with van der Waals surface area (Å²) in [5.41, 5.74) is 6.50. The van der Waals surface area contributed by atoms with E-state index in [4.69, 9.17) is 0 Å². The van der Waals surface area contributed by atoms with Gasteiger partial charge in [0.15, 0.2) is 0 Å². The molecule has 0 bridgehead atoms. The van der Waals surface area contributed by atoms with Gasteiger partial charge in [0.1, 0.15) is 0 Å². The van der Waals surface area contributed by atoms with Crippen LogP contribution in [0.25, 0.3) is 22.3 Å². The van der Waals surface area contributed by atoms with Crippen molar-refractivity contribution in [3.05, 3.63) is 59.8 Å². The van der Waals surface area contributed by atoms with Crippen LogP contribution in [0.15, 0.2) is 48.7 Å². The molecule has 1 heterocycles. The van der Waals surface area contributed by atoms with E-state index in [9.17, 15) is 0 Å². The van der Waals surface area contributed by atoms with Gasteiger partial charge in [-0.15, -0.1) is 0 Å². The fourth-order valence-electron chi connectivity index (χ4n) is 2.00. The van der Waals surface area contributed by atoms with Crippen LogP contribution in [0.1, 0.15) is 11.1 Å². The lowest BCUT2D eigenvalue weighted by Crippen LogP contribution is -1.89. The second-order valence-corrected chi connectivity index (χ2v) is 4.54. The van der Waals surface area contributed by atoms with Crippen LogP contribution in [0.3, 0.4) is 0 Å². The molecule has 2 aromatic carbocycles. The van der Waals surface area contributed by atoms with Crippen LogP contribution in [-0.4, -0.2) is 9.97 Å². The number of aryl methyl sites for hydroxylation is 2. The standard InChI is InChI=1S/C16H14N2/c1-11-7-8-13(9-12(11)2)16-10-17-14-5-3-4-6-15(14)18-16/h3-10H,1-2H3. The first-order valence-corrected chi connectivity index (χ1v) is 6.03. The number of para-hydroxylation sites is 2. The van der Waals surface area contributed by atoms with Crippen LogP contribution >= 0.6 is 0 Å². The Balaban J connectivity index is 2.16. The van der Waals surface area contributed by atoms with E-state index in [1.54, 1.807) is 0 Å². The van der Waals surface area contributed by atoms with Crippen molar-refractivity contribution >= 4 is 11.0 Å². The number of hydrogen-bond acceptors (Lipinski definition) is 2. The summed E-state index contributed by atoms with van der Waals surface area (Å²) < 4.78 is 0. The van der Waals surface area contributed by atoms with Crippen molar-refractivity contribution in [2.75, 3.05) is 0 Å². The average Bonchev–Trinajstić information content (AvgIpc) is 2.41. The Hall–Kier alpha value is -2.22. The molecule has 18 heavy (non-hydrogen) atoms. The van der Waals surface area contributed by atoms with E-state index in [0.29, 0.717) is 0 Å². The molecule has 0 N–H and O–H groups in total. The topological polar surface area (TPSA) is 25.8 Å². The monoisotopic (exact) mass is 234 g/mol. The molecule has 2 nitrogen and oxygen atoms in total. The van der Waals surface area contributed by atoms with E-state index >= 15 is 0 Å². The lowest BCUT2D eigenvalue weighted by atomic mass is 10.0. The summed E-state index contributed by atoms with van der Waals surface area (Å²) in [6.07, 6.45) is 1.84. The summed E-state index contributed by atoms with van der Waals surface area (Å²) in [5.74, 6) is 0. The molecule has 0 saturated carbocycles. The molecule has 0 atom stereocenters. The molecule has 0 spiro atoms. The lowest BCUT2D eigenvalue weighted by Gasteiger charge is -2.05. The van der Waals surface area contributed by atoms with Gasteiger partial charge in [-0.1, -0.05) is 24.3 Å². The van der Waals surface area contributed by atoms with Crippen molar-refractivity contribution in [1.82, 2.24) is 9.97 Å². The highest BCUT2D eigenvalue weighted by molar-refractivity contribution is 5.77. The average molecular weight is 234 g/mol. The number of benzene rings is 2. The van der Waals surface area contributed by atoms with Gasteiger partial charge < -0.3 is 0 Å². The number of fused-ring (bicyclic) bond motifs is 1. The van der Waals surface area contributed by atoms with Crippen molar-refractivity contribution in [3.8, 4) is 11.3 Å². The molecule has 0 unspecified atom stereocenters. The predicted molar refractivity (Wildman–Crippen MR) is 74.4 cm³/mol. The van der Waals surface area contributed by atoms with Crippen LogP contribution in [0.4, 0.5) is 0 Å². The molecule has 0 aliphatic carbocycles. The lowest BCUT2D eigenvalue weighted by molar-refractivity contribution is 1.28. The van der Waals surface area contributed by atoms with Crippen molar-refractivity contribution < 1.29 is 0 Å². The van der Waals surface area contributed by atoms with Gasteiger partial charge in [0.2, 0.25) is 0 Å². The normalized spacial score (nSPS) is 10.8. The number of nitrogens with zero attached hydrogens (tertiary/aromatic N) is 2. The molecule has 1 aromatic heterocycles. The van der Waals surface area contributed by atoms with Gasteiger partial charge in [-0.05, 0) is 43.2 Å². The summed E-state index contributed by atoms with van der Waals surface area (Å²) in [4.78, 5) is 9.10. The third-order valence-corrected chi connectivity index (χ3v) is 3.25. The highest BCUT2D eigenvalue weighted by Crippen LogP contribution is 2.21. The molecule has 3 rings (SSSR count). The van der Waals surface area contributed by atoms with Gasteiger partial charge >= 0.3 is 0 Å². The Labute approximate surface area is 106 Å². The molecule has 0 saturated heterocycles. The van der Waals surface area contributed by atoms with E-state index in [0.717, 1.165) is 22.3 Å². The van der Waals surface area contributed by atoms with Crippen molar-refractivity contribution in [3.63, 3.8) is 0 Å². The second kappa shape index (κ2) is 4.22. The quantitative estimate of drug-likeness (QED) is 0.638. The Bertz CT molecular complexity index is 717. The van der Waals surface area contributed by atoms with E-state index < -0.39 is 0 Å². The summed E-state index contributed by atoms with van der Waals surface area (Å²) in [7, 11) is 0. The minimum atomic E-state index is 0.928. The third-order valence-electron chi connectivity index (χ3n) is 3.25. The van der Waals surface area contributed by atoms with Crippen molar-refractivity contribution in [1.29, 1.82) is 0 Å². The minimum absolute atomic E-state index is 0.928. The smallest absolute Gasteiger partial charge is 0.0894 e. The minimum Gasteiger partial charge on any atom is -0.252 e. The van der Waals surface area contributed by atoms with Crippen molar-refractivity contribution in [2.45, 2.75) is 13.8 Å². The molecule has 0 aliphatic heterocycles. The maximum atomic E-state index is 4.65. The largest absolute Gasteiger partial charge is 0.252 e. The molecule has 2 heteroatoms. The Morgan fingerprint density at radius 3 is 2.39 bits per heavy atom. The van der Waals surface area contributed by atoms with Crippen LogP contribution in [0, 0.1) is 13.8 Å². The maximum absolute atomic E-state index is 4.65. The second-order valence-electron chi connectivity index (χ2n) is 4.54. The first kappa shape index (κ1) is 10.9. The molecule has 0 amide bonds. The number of hydrogen-bond donors (Lipinski definition) is 0. The van der Waals surface area contributed by atoms with Gasteiger partial charge in [0.25, 0.3) is 0 Å². The summed E-state index contributed by atoms with van der Waals surface area (Å²) in [6, 6.07) is 14.3. The third kappa shape index (κ3) is 1.86. The molecular formula is C16H14N2. The first-order chi connectivity index (χ1) is 8.74. The maximum Gasteiger partial charge on any atom is 0.0894 e. The molecule has 0 fully saturated rings. The van der Waals surface area contributed by atoms with Gasteiger partial charge in [-0.2, -0.15) is 0 Å². The van der Waals surface area contributed by atoms with Gasteiger partial charge in [-0.3, -0.25) is 4.98 Å². The zero-order chi connectivity index (χ0) is 12.5. The van der Waals surface area contributed by atoms with Gasteiger partial charge in [0.05, 0.1) is 22.9 Å². The fourth-order valence-corrected chi connectivity index (χ4v) is 2.00. The predicted octanol–water partition coefficient (Wildman–Crippen LogP) is 3.91. The molecule has 0 radical (unpaired) electrons.